The molecule has 0 aliphatic carbocycles. The van der Waals surface area contributed by atoms with E-state index in [1.807, 2.05) is 36.2 Å². The first-order valence-corrected chi connectivity index (χ1v) is 7.55. The molecule has 0 saturated carbocycles. The smallest absolute Gasteiger partial charge is 0.371 e. The van der Waals surface area contributed by atoms with E-state index in [1.54, 1.807) is 0 Å². The van der Waals surface area contributed by atoms with E-state index >= 15 is 0 Å². The van der Waals surface area contributed by atoms with Gasteiger partial charge in [0.2, 0.25) is 0 Å². The minimum absolute atomic E-state index is 0.0701. The molecule has 2 rings (SSSR count). The summed E-state index contributed by atoms with van der Waals surface area (Å²) in [6.45, 7) is 2.84. The maximum Gasteiger partial charge on any atom is 0.393 e. The predicted octanol–water partition coefficient (Wildman–Crippen LogP) is 4.14. The van der Waals surface area contributed by atoms with Crippen LogP contribution in [0.5, 0.6) is 0 Å². The molecule has 1 aliphatic rings. The van der Waals surface area contributed by atoms with E-state index in [9.17, 15) is 13.2 Å². The van der Waals surface area contributed by atoms with Crippen LogP contribution in [0, 0.1) is 5.92 Å². The van der Waals surface area contributed by atoms with Gasteiger partial charge in [-0.15, -0.1) is 0 Å². The van der Waals surface area contributed by atoms with Crippen LogP contribution in [0.2, 0.25) is 0 Å². The molecular weight excluding hydrogens is 277 g/mol. The van der Waals surface area contributed by atoms with Crippen molar-refractivity contribution in [3.05, 3.63) is 29.8 Å². The summed E-state index contributed by atoms with van der Waals surface area (Å²) in [6, 6.07) is 7.97. The fourth-order valence-corrected chi connectivity index (χ4v) is 3.11. The Kier molecular flexibility index (Phi) is 5.14. The van der Waals surface area contributed by atoms with Crippen molar-refractivity contribution < 1.29 is 13.2 Å². The van der Waals surface area contributed by atoms with Gasteiger partial charge in [0.15, 0.2) is 0 Å². The van der Waals surface area contributed by atoms with Gasteiger partial charge in [-0.3, -0.25) is 0 Å². The lowest BCUT2D eigenvalue weighted by Gasteiger charge is -2.37. The molecule has 1 fully saturated rings. The van der Waals surface area contributed by atoms with E-state index in [0.29, 0.717) is 13.0 Å². The van der Waals surface area contributed by atoms with Crippen LogP contribution in [-0.4, -0.2) is 26.3 Å². The van der Waals surface area contributed by atoms with Gasteiger partial charge in [-0.05, 0) is 37.9 Å². The number of nitrogens with zero attached hydrogens (tertiary/aromatic N) is 1. The highest BCUT2D eigenvalue weighted by Crippen LogP contribution is 2.37. The number of halogens is 3. The molecule has 1 aromatic rings. The Morgan fingerprint density at radius 2 is 2.05 bits per heavy atom. The van der Waals surface area contributed by atoms with Crippen molar-refractivity contribution >= 4 is 5.69 Å². The van der Waals surface area contributed by atoms with Gasteiger partial charge in [-0.2, -0.15) is 13.2 Å². The van der Waals surface area contributed by atoms with Crippen LogP contribution in [0.15, 0.2) is 24.3 Å². The minimum Gasteiger partial charge on any atom is -0.371 e. The Bertz CT molecular complexity index is 455. The second-order valence-corrected chi connectivity index (χ2v) is 5.64. The van der Waals surface area contributed by atoms with Crippen LogP contribution in [0.4, 0.5) is 18.9 Å². The first kappa shape index (κ1) is 16.1. The number of hydrogen-bond donors (Lipinski definition) is 1. The van der Waals surface area contributed by atoms with Gasteiger partial charge >= 0.3 is 6.18 Å². The van der Waals surface area contributed by atoms with E-state index < -0.39 is 12.1 Å². The highest BCUT2D eigenvalue weighted by Gasteiger charge is 2.42. The van der Waals surface area contributed by atoms with Gasteiger partial charge in [0.05, 0.1) is 5.92 Å². The molecule has 1 heterocycles. The van der Waals surface area contributed by atoms with Gasteiger partial charge < -0.3 is 10.2 Å². The van der Waals surface area contributed by atoms with E-state index in [0.717, 1.165) is 17.7 Å². The normalized spacial score (nSPS) is 21.4. The molecule has 0 radical (unpaired) electrons. The third-order valence-electron chi connectivity index (χ3n) is 4.29. The summed E-state index contributed by atoms with van der Waals surface area (Å²) in [5.74, 6) is -1.21. The molecule has 0 spiro atoms. The molecule has 21 heavy (non-hydrogen) atoms. The van der Waals surface area contributed by atoms with E-state index in [-0.39, 0.29) is 19.0 Å². The zero-order valence-electron chi connectivity index (χ0n) is 12.6. The summed E-state index contributed by atoms with van der Waals surface area (Å²) in [5, 5.41) is 3.24. The zero-order chi connectivity index (χ0) is 15.5. The first-order valence-electron chi connectivity index (χ1n) is 7.55. The minimum atomic E-state index is -4.10. The second-order valence-electron chi connectivity index (χ2n) is 5.64. The Morgan fingerprint density at radius 1 is 1.33 bits per heavy atom. The standard InChI is InChI=1S/C16H23F3N2/c1-3-14(20-2)13-8-4-5-9-15(13)21-10-6-7-12(11-21)16(17,18)19/h4-5,8-9,12,14,20H,3,6-7,10-11H2,1-2H3. The lowest BCUT2D eigenvalue weighted by molar-refractivity contribution is -0.176. The van der Waals surface area contributed by atoms with E-state index in [1.165, 1.54) is 0 Å². The summed E-state index contributed by atoms with van der Waals surface area (Å²) in [5.41, 5.74) is 2.03. The summed E-state index contributed by atoms with van der Waals surface area (Å²) in [6.07, 6.45) is -2.36. The Balaban J connectivity index is 2.25. The molecule has 118 valence electrons. The number of anilines is 1. The number of nitrogens with one attached hydrogen (secondary N) is 1. The maximum atomic E-state index is 13.0. The average Bonchev–Trinajstić information content (AvgIpc) is 2.48. The second kappa shape index (κ2) is 6.69. The quantitative estimate of drug-likeness (QED) is 0.899. The lowest BCUT2D eigenvalue weighted by Crippen LogP contribution is -2.42. The number of para-hydroxylation sites is 1. The molecule has 0 aromatic heterocycles. The van der Waals surface area contributed by atoms with Crippen molar-refractivity contribution in [1.82, 2.24) is 5.32 Å². The molecule has 2 unspecified atom stereocenters. The van der Waals surface area contributed by atoms with Crippen molar-refractivity contribution in [2.24, 2.45) is 5.92 Å². The highest BCUT2D eigenvalue weighted by atomic mass is 19.4. The van der Waals surface area contributed by atoms with Crippen LogP contribution in [0.1, 0.15) is 37.8 Å². The van der Waals surface area contributed by atoms with Crippen molar-refractivity contribution in [3.63, 3.8) is 0 Å². The largest absolute Gasteiger partial charge is 0.393 e. The highest BCUT2D eigenvalue weighted by molar-refractivity contribution is 5.55. The molecular formula is C16H23F3N2. The number of piperidine rings is 1. The number of hydrogen-bond acceptors (Lipinski definition) is 2. The SMILES string of the molecule is CCC(NC)c1ccccc1N1CCCC(C(F)(F)F)C1. The summed E-state index contributed by atoms with van der Waals surface area (Å²) in [7, 11) is 1.89. The summed E-state index contributed by atoms with van der Waals surface area (Å²) < 4.78 is 38.9. The zero-order valence-corrected chi connectivity index (χ0v) is 12.6. The Labute approximate surface area is 124 Å². The third-order valence-corrected chi connectivity index (χ3v) is 4.29. The molecule has 1 saturated heterocycles. The molecule has 0 bridgehead atoms. The van der Waals surface area contributed by atoms with Crippen molar-refractivity contribution in [1.29, 1.82) is 0 Å². The number of rotatable bonds is 4. The molecule has 5 heteroatoms. The van der Waals surface area contributed by atoms with Gasteiger partial charge in [0, 0.05) is 24.8 Å². The molecule has 2 nitrogen and oxygen atoms in total. The Morgan fingerprint density at radius 3 is 2.67 bits per heavy atom. The van der Waals surface area contributed by atoms with Gasteiger partial charge in [-0.25, -0.2) is 0 Å². The molecule has 1 aliphatic heterocycles. The van der Waals surface area contributed by atoms with Crippen molar-refractivity contribution in [3.8, 4) is 0 Å². The van der Waals surface area contributed by atoms with Crippen LogP contribution in [-0.2, 0) is 0 Å². The maximum absolute atomic E-state index is 13.0. The fourth-order valence-electron chi connectivity index (χ4n) is 3.11. The number of benzene rings is 1. The predicted molar refractivity (Wildman–Crippen MR) is 79.5 cm³/mol. The Hall–Kier alpha value is -1.23. The monoisotopic (exact) mass is 300 g/mol. The molecule has 2 atom stereocenters. The average molecular weight is 300 g/mol. The molecule has 1 N–H and O–H groups in total. The van der Waals surface area contributed by atoms with Crippen LogP contribution < -0.4 is 10.2 Å². The van der Waals surface area contributed by atoms with Gasteiger partial charge in [-0.1, -0.05) is 25.1 Å². The van der Waals surface area contributed by atoms with E-state index in [2.05, 4.69) is 12.2 Å². The van der Waals surface area contributed by atoms with Crippen LogP contribution in [0.3, 0.4) is 0 Å². The summed E-state index contributed by atoms with van der Waals surface area (Å²) in [4.78, 5) is 1.90. The number of alkyl halides is 3. The first-order chi connectivity index (χ1) is 9.97. The third kappa shape index (κ3) is 3.70. The topological polar surface area (TPSA) is 15.3 Å². The van der Waals surface area contributed by atoms with Crippen LogP contribution >= 0.6 is 0 Å². The van der Waals surface area contributed by atoms with Crippen LogP contribution in [0.25, 0.3) is 0 Å². The van der Waals surface area contributed by atoms with Gasteiger partial charge in [0.1, 0.15) is 0 Å². The van der Waals surface area contributed by atoms with Crippen molar-refractivity contribution in [2.45, 2.75) is 38.4 Å². The van der Waals surface area contributed by atoms with Gasteiger partial charge in [0.25, 0.3) is 0 Å². The van der Waals surface area contributed by atoms with E-state index in [4.69, 9.17) is 0 Å². The lowest BCUT2D eigenvalue weighted by atomic mass is 9.95. The summed E-state index contributed by atoms with van der Waals surface area (Å²) >= 11 is 0. The van der Waals surface area contributed by atoms with Crippen molar-refractivity contribution in [2.75, 3.05) is 25.0 Å². The fraction of sp³-hybridized carbons (Fsp3) is 0.625. The molecule has 1 aromatic carbocycles. The molecule has 0 amide bonds.